The molecule has 2 aromatic rings. The average Bonchev–Trinajstić information content (AvgIpc) is 2.93. The summed E-state index contributed by atoms with van der Waals surface area (Å²) in [6, 6.07) is 11.7. The third kappa shape index (κ3) is 3.02. The number of aryl methyl sites for hydroxylation is 2. The van der Waals surface area contributed by atoms with Crippen LogP contribution in [0.3, 0.4) is 0 Å². The highest BCUT2D eigenvalue weighted by Crippen LogP contribution is 2.21. The zero-order chi connectivity index (χ0) is 13.8. The van der Waals surface area contributed by atoms with E-state index in [0.29, 0.717) is 6.61 Å². The molecule has 1 aromatic carbocycles. The molecule has 0 saturated heterocycles. The maximum absolute atomic E-state index is 5.63. The summed E-state index contributed by atoms with van der Waals surface area (Å²) in [4.78, 5) is 4.63. The normalized spacial score (nSPS) is 13.0. The summed E-state index contributed by atoms with van der Waals surface area (Å²) < 4.78 is 5.63. The number of anilines is 2. The predicted molar refractivity (Wildman–Crippen MR) is 81.1 cm³/mol. The zero-order valence-electron chi connectivity index (χ0n) is 11.4. The van der Waals surface area contributed by atoms with Gasteiger partial charge in [-0.3, -0.25) is 0 Å². The minimum absolute atomic E-state index is 0.600. The molecule has 0 unspecified atom stereocenters. The third-order valence-electron chi connectivity index (χ3n) is 3.49. The maximum atomic E-state index is 5.63. The lowest BCUT2D eigenvalue weighted by molar-refractivity contribution is 0.333. The van der Waals surface area contributed by atoms with Crippen molar-refractivity contribution in [1.82, 2.24) is 4.98 Å². The van der Waals surface area contributed by atoms with Crippen LogP contribution in [0, 0.1) is 0 Å². The molecule has 0 atom stereocenters. The number of nitrogens with two attached hydrogens (primary N) is 1. The van der Waals surface area contributed by atoms with Crippen molar-refractivity contribution in [3.8, 4) is 5.75 Å². The van der Waals surface area contributed by atoms with Gasteiger partial charge in [-0.2, -0.15) is 0 Å². The first kappa shape index (κ1) is 12.8. The molecule has 0 aliphatic heterocycles. The van der Waals surface area contributed by atoms with Crippen LogP contribution in [0.15, 0.2) is 36.4 Å². The first-order valence-corrected chi connectivity index (χ1v) is 7.02. The maximum Gasteiger partial charge on any atom is 0.126 e. The fourth-order valence-corrected chi connectivity index (χ4v) is 2.43. The van der Waals surface area contributed by atoms with E-state index < -0.39 is 0 Å². The topological polar surface area (TPSA) is 60.2 Å². The molecule has 1 aliphatic carbocycles. The van der Waals surface area contributed by atoms with E-state index in [1.165, 1.54) is 24.1 Å². The number of rotatable bonds is 5. The number of nitrogens with zero attached hydrogens (tertiary/aromatic N) is 1. The second-order valence-electron chi connectivity index (χ2n) is 5.00. The number of hydrogen-bond acceptors (Lipinski definition) is 4. The summed E-state index contributed by atoms with van der Waals surface area (Å²) in [5, 5.41) is 3.30. The molecule has 0 spiro atoms. The highest BCUT2D eigenvalue weighted by molar-refractivity contribution is 5.42. The number of fused-ring (bicyclic) bond motifs is 1. The highest BCUT2D eigenvalue weighted by atomic mass is 16.5. The van der Waals surface area contributed by atoms with E-state index in [4.69, 9.17) is 10.5 Å². The van der Waals surface area contributed by atoms with Crippen molar-refractivity contribution in [3.63, 3.8) is 0 Å². The van der Waals surface area contributed by atoms with E-state index in [9.17, 15) is 0 Å². The second-order valence-corrected chi connectivity index (χ2v) is 5.00. The van der Waals surface area contributed by atoms with Crippen molar-refractivity contribution < 1.29 is 4.74 Å². The summed E-state index contributed by atoms with van der Waals surface area (Å²) in [7, 11) is 0. The van der Waals surface area contributed by atoms with E-state index in [2.05, 4.69) is 16.4 Å². The van der Waals surface area contributed by atoms with Gasteiger partial charge in [0.25, 0.3) is 0 Å². The van der Waals surface area contributed by atoms with Gasteiger partial charge >= 0.3 is 0 Å². The lowest BCUT2D eigenvalue weighted by Crippen LogP contribution is -2.12. The molecule has 0 saturated carbocycles. The summed E-state index contributed by atoms with van der Waals surface area (Å²) >= 11 is 0. The number of benzene rings is 1. The Hall–Kier alpha value is -2.23. The molecule has 1 aliphatic rings. The van der Waals surface area contributed by atoms with Crippen LogP contribution in [0.1, 0.15) is 17.7 Å². The zero-order valence-corrected chi connectivity index (χ0v) is 11.4. The minimum Gasteiger partial charge on any atom is -0.492 e. The van der Waals surface area contributed by atoms with E-state index in [-0.39, 0.29) is 0 Å². The molecule has 0 fully saturated rings. The highest BCUT2D eigenvalue weighted by Gasteiger charge is 2.11. The first-order valence-electron chi connectivity index (χ1n) is 7.02. The molecule has 1 heterocycles. The van der Waals surface area contributed by atoms with Crippen molar-refractivity contribution in [2.45, 2.75) is 19.3 Å². The van der Waals surface area contributed by atoms with E-state index in [0.717, 1.165) is 30.2 Å². The Bertz CT molecular complexity index is 581. The van der Waals surface area contributed by atoms with E-state index >= 15 is 0 Å². The number of nitrogens with one attached hydrogen (secondary N) is 1. The van der Waals surface area contributed by atoms with Crippen molar-refractivity contribution in [1.29, 1.82) is 0 Å². The molecule has 0 radical (unpaired) electrons. The molecule has 20 heavy (non-hydrogen) atoms. The number of nitrogen functional groups attached to an aromatic ring is 1. The Morgan fingerprint density at radius 1 is 1.10 bits per heavy atom. The van der Waals surface area contributed by atoms with Gasteiger partial charge < -0.3 is 15.8 Å². The SMILES string of the molecule is Nc1ccc(OCCNc2ccc3c(n2)CCC3)cc1. The lowest BCUT2D eigenvalue weighted by atomic mass is 10.2. The molecular weight excluding hydrogens is 250 g/mol. The number of ether oxygens (including phenoxy) is 1. The van der Waals surface area contributed by atoms with Gasteiger partial charge in [-0.05, 0) is 55.2 Å². The molecular formula is C16H19N3O. The molecule has 0 amide bonds. The predicted octanol–water partition coefficient (Wildman–Crippen LogP) is 2.64. The van der Waals surface area contributed by atoms with Gasteiger partial charge in [-0.25, -0.2) is 4.98 Å². The van der Waals surface area contributed by atoms with Crippen LogP contribution in [0.25, 0.3) is 0 Å². The summed E-state index contributed by atoms with van der Waals surface area (Å²) in [5.41, 5.74) is 9.02. The van der Waals surface area contributed by atoms with Crippen LogP contribution in [0.2, 0.25) is 0 Å². The monoisotopic (exact) mass is 269 g/mol. The van der Waals surface area contributed by atoms with Gasteiger partial charge in [0.2, 0.25) is 0 Å². The van der Waals surface area contributed by atoms with Gasteiger partial charge in [0, 0.05) is 11.4 Å². The molecule has 104 valence electrons. The van der Waals surface area contributed by atoms with Crippen molar-refractivity contribution >= 4 is 11.5 Å². The second kappa shape index (κ2) is 5.82. The lowest BCUT2D eigenvalue weighted by Gasteiger charge is -2.09. The molecule has 4 nitrogen and oxygen atoms in total. The van der Waals surface area contributed by atoms with Gasteiger partial charge in [0.15, 0.2) is 0 Å². The van der Waals surface area contributed by atoms with Crippen molar-refractivity contribution in [2.24, 2.45) is 0 Å². The van der Waals surface area contributed by atoms with Crippen molar-refractivity contribution in [2.75, 3.05) is 24.2 Å². The average molecular weight is 269 g/mol. The summed E-state index contributed by atoms with van der Waals surface area (Å²) in [5.74, 6) is 1.77. The molecule has 3 rings (SSSR count). The van der Waals surface area contributed by atoms with Gasteiger partial charge in [-0.1, -0.05) is 6.07 Å². The van der Waals surface area contributed by atoms with Crippen LogP contribution in [-0.4, -0.2) is 18.1 Å². The third-order valence-corrected chi connectivity index (χ3v) is 3.49. The Kier molecular flexibility index (Phi) is 3.72. The minimum atomic E-state index is 0.600. The van der Waals surface area contributed by atoms with Gasteiger partial charge in [0.05, 0.1) is 6.54 Å². The fourth-order valence-electron chi connectivity index (χ4n) is 2.43. The van der Waals surface area contributed by atoms with Crippen LogP contribution >= 0.6 is 0 Å². The summed E-state index contributed by atoms with van der Waals surface area (Å²) in [6.45, 7) is 1.33. The van der Waals surface area contributed by atoms with Gasteiger partial charge in [0.1, 0.15) is 18.2 Å². The number of hydrogen-bond donors (Lipinski definition) is 2. The van der Waals surface area contributed by atoms with E-state index in [1.54, 1.807) is 0 Å². The molecule has 4 heteroatoms. The largest absolute Gasteiger partial charge is 0.492 e. The number of aromatic nitrogens is 1. The van der Waals surface area contributed by atoms with Crippen molar-refractivity contribution in [3.05, 3.63) is 47.7 Å². The van der Waals surface area contributed by atoms with E-state index in [1.807, 2.05) is 30.3 Å². The standard InChI is InChI=1S/C16H19N3O/c17-13-5-7-14(8-6-13)20-11-10-18-16-9-4-12-2-1-3-15(12)19-16/h4-9H,1-3,10-11,17H2,(H,18,19). The Morgan fingerprint density at radius 2 is 1.95 bits per heavy atom. The Morgan fingerprint density at radius 3 is 2.80 bits per heavy atom. The fraction of sp³-hybridized carbons (Fsp3) is 0.312. The quantitative estimate of drug-likeness (QED) is 0.647. The first-order chi connectivity index (χ1) is 9.81. The smallest absolute Gasteiger partial charge is 0.126 e. The van der Waals surface area contributed by atoms with Crippen LogP contribution in [-0.2, 0) is 12.8 Å². The van der Waals surface area contributed by atoms with Crippen LogP contribution in [0.5, 0.6) is 5.75 Å². The molecule has 1 aromatic heterocycles. The molecule has 0 bridgehead atoms. The van der Waals surface area contributed by atoms with Crippen LogP contribution in [0.4, 0.5) is 11.5 Å². The Labute approximate surface area is 119 Å². The van der Waals surface area contributed by atoms with Crippen LogP contribution < -0.4 is 15.8 Å². The Balaban J connectivity index is 1.47. The molecule has 3 N–H and O–H groups in total. The van der Waals surface area contributed by atoms with Gasteiger partial charge in [-0.15, -0.1) is 0 Å². The number of pyridine rings is 1. The summed E-state index contributed by atoms with van der Waals surface area (Å²) in [6.07, 6.45) is 3.50.